The van der Waals surface area contributed by atoms with Crippen molar-refractivity contribution in [3.05, 3.63) is 23.8 Å². The standard InChI is InChI=1S/C18H31N3O3/c1-18(2,3)21-17(22)13-24-15-8-7-14(11-16(15)23-5)12-20-10-6-9-19-4/h7-8,11,19-20H,6,9-10,12-13H2,1-5H3,(H,21,22). The van der Waals surface area contributed by atoms with Crippen molar-refractivity contribution in [2.75, 3.05) is 33.9 Å². The van der Waals surface area contributed by atoms with Gasteiger partial charge in [0.2, 0.25) is 0 Å². The van der Waals surface area contributed by atoms with Crippen LogP contribution in [0.3, 0.4) is 0 Å². The number of ether oxygens (including phenoxy) is 2. The number of amides is 1. The maximum atomic E-state index is 11.8. The normalized spacial score (nSPS) is 11.2. The van der Waals surface area contributed by atoms with Gasteiger partial charge in [0.1, 0.15) is 0 Å². The van der Waals surface area contributed by atoms with Crippen LogP contribution in [0.2, 0.25) is 0 Å². The minimum Gasteiger partial charge on any atom is -0.493 e. The lowest BCUT2D eigenvalue weighted by molar-refractivity contribution is -0.124. The van der Waals surface area contributed by atoms with E-state index in [2.05, 4.69) is 16.0 Å². The lowest BCUT2D eigenvalue weighted by Crippen LogP contribution is -2.43. The Labute approximate surface area is 145 Å². The van der Waals surface area contributed by atoms with Gasteiger partial charge < -0.3 is 25.4 Å². The molecular formula is C18H31N3O3. The van der Waals surface area contributed by atoms with Crippen LogP contribution in [0.5, 0.6) is 11.5 Å². The third-order valence-electron chi connectivity index (χ3n) is 3.21. The van der Waals surface area contributed by atoms with Gasteiger partial charge in [-0.15, -0.1) is 0 Å². The third-order valence-corrected chi connectivity index (χ3v) is 3.21. The van der Waals surface area contributed by atoms with Gasteiger partial charge in [-0.05, 0) is 65.0 Å². The first-order valence-electron chi connectivity index (χ1n) is 8.32. The van der Waals surface area contributed by atoms with Crippen molar-refractivity contribution in [2.45, 2.75) is 39.3 Å². The van der Waals surface area contributed by atoms with Crippen molar-refractivity contribution in [3.8, 4) is 11.5 Å². The summed E-state index contributed by atoms with van der Waals surface area (Å²) in [7, 11) is 3.55. The van der Waals surface area contributed by atoms with E-state index in [9.17, 15) is 4.79 Å². The summed E-state index contributed by atoms with van der Waals surface area (Å²) in [6.07, 6.45) is 1.08. The van der Waals surface area contributed by atoms with Crippen LogP contribution in [0, 0.1) is 0 Å². The fourth-order valence-electron chi connectivity index (χ4n) is 2.16. The number of hydrogen-bond donors (Lipinski definition) is 3. The monoisotopic (exact) mass is 337 g/mol. The number of carbonyl (C=O) groups is 1. The first-order chi connectivity index (χ1) is 11.4. The van der Waals surface area contributed by atoms with Crippen LogP contribution < -0.4 is 25.4 Å². The van der Waals surface area contributed by atoms with E-state index in [1.807, 2.05) is 46.0 Å². The Hall–Kier alpha value is -1.79. The molecule has 6 heteroatoms. The first kappa shape index (κ1) is 20.3. The van der Waals surface area contributed by atoms with Crippen LogP contribution in [0.4, 0.5) is 0 Å². The smallest absolute Gasteiger partial charge is 0.258 e. The van der Waals surface area contributed by atoms with E-state index in [1.54, 1.807) is 7.11 Å². The van der Waals surface area contributed by atoms with Crippen molar-refractivity contribution in [1.82, 2.24) is 16.0 Å². The topological polar surface area (TPSA) is 71.6 Å². The van der Waals surface area contributed by atoms with Gasteiger partial charge in [0.05, 0.1) is 7.11 Å². The predicted octanol–water partition coefficient (Wildman–Crippen LogP) is 1.69. The highest BCUT2D eigenvalue weighted by Gasteiger charge is 2.15. The molecule has 3 N–H and O–H groups in total. The third kappa shape index (κ3) is 8.17. The van der Waals surface area contributed by atoms with E-state index in [-0.39, 0.29) is 18.1 Å². The van der Waals surface area contributed by atoms with Gasteiger partial charge in [0, 0.05) is 12.1 Å². The van der Waals surface area contributed by atoms with Gasteiger partial charge in [-0.1, -0.05) is 6.07 Å². The maximum Gasteiger partial charge on any atom is 0.258 e. The Morgan fingerprint density at radius 2 is 1.92 bits per heavy atom. The number of nitrogens with one attached hydrogen (secondary N) is 3. The number of hydrogen-bond acceptors (Lipinski definition) is 5. The summed E-state index contributed by atoms with van der Waals surface area (Å²) in [4.78, 5) is 11.8. The number of carbonyl (C=O) groups excluding carboxylic acids is 1. The molecule has 0 heterocycles. The van der Waals surface area contributed by atoms with E-state index >= 15 is 0 Å². The molecule has 0 fully saturated rings. The zero-order valence-corrected chi connectivity index (χ0v) is 15.5. The van der Waals surface area contributed by atoms with Crippen molar-refractivity contribution in [1.29, 1.82) is 0 Å². The van der Waals surface area contributed by atoms with Crippen LogP contribution >= 0.6 is 0 Å². The van der Waals surface area contributed by atoms with Crippen LogP contribution in [-0.4, -0.2) is 45.3 Å². The molecule has 24 heavy (non-hydrogen) atoms. The van der Waals surface area contributed by atoms with E-state index < -0.39 is 0 Å². The van der Waals surface area contributed by atoms with Crippen LogP contribution in [-0.2, 0) is 11.3 Å². The Bertz CT molecular complexity index is 513. The zero-order chi connectivity index (χ0) is 18.0. The van der Waals surface area contributed by atoms with Gasteiger partial charge >= 0.3 is 0 Å². The minimum atomic E-state index is -0.270. The molecule has 136 valence electrons. The summed E-state index contributed by atoms with van der Waals surface area (Å²) in [6, 6.07) is 5.75. The molecule has 0 aliphatic rings. The van der Waals surface area contributed by atoms with Crippen molar-refractivity contribution in [2.24, 2.45) is 0 Å². The fourth-order valence-corrected chi connectivity index (χ4v) is 2.16. The average Bonchev–Trinajstić information content (AvgIpc) is 2.51. The van der Waals surface area contributed by atoms with E-state index in [1.165, 1.54) is 0 Å². The summed E-state index contributed by atoms with van der Waals surface area (Å²) in [6.45, 7) is 8.49. The lowest BCUT2D eigenvalue weighted by atomic mass is 10.1. The lowest BCUT2D eigenvalue weighted by Gasteiger charge is -2.20. The largest absolute Gasteiger partial charge is 0.493 e. The highest BCUT2D eigenvalue weighted by atomic mass is 16.5. The second-order valence-corrected chi connectivity index (χ2v) is 6.71. The second-order valence-electron chi connectivity index (χ2n) is 6.71. The summed E-state index contributed by atoms with van der Waals surface area (Å²) in [5.74, 6) is 1.05. The molecular weight excluding hydrogens is 306 g/mol. The zero-order valence-electron chi connectivity index (χ0n) is 15.5. The van der Waals surface area contributed by atoms with Crippen molar-refractivity contribution in [3.63, 3.8) is 0 Å². The quantitative estimate of drug-likeness (QED) is 0.567. The fraction of sp³-hybridized carbons (Fsp3) is 0.611. The Kier molecular flexibility index (Phi) is 8.57. The van der Waals surface area contributed by atoms with Crippen LogP contribution in [0.1, 0.15) is 32.8 Å². The number of methoxy groups -OCH3 is 1. The molecule has 6 nitrogen and oxygen atoms in total. The second kappa shape index (κ2) is 10.2. The first-order valence-corrected chi connectivity index (χ1v) is 8.32. The summed E-state index contributed by atoms with van der Waals surface area (Å²) in [5, 5.41) is 9.37. The van der Waals surface area contributed by atoms with E-state index in [0.717, 1.165) is 31.6 Å². The molecule has 0 aromatic heterocycles. The van der Waals surface area contributed by atoms with Gasteiger partial charge in [0.15, 0.2) is 18.1 Å². The molecule has 0 bridgehead atoms. The predicted molar refractivity (Wildman–Crippen MR) is 96.6 cm³/mol. The highest BCUT2D eigenvalue weighted by Crippen LogP contribution is 2.28. The molecule has 0 unspecified atom stereocenters. The minimum absolute atomic E-state index is 0.0325. The molecule has 0 radical (unpaired) electrons. The molecule has 1 aromatic rings. The Morgan fingerprint density at radius 3 is 2.54 bits per heavy atom. The molecule has 0 aliphatic carbocycles. The molecule has 0 saturated carbocycles. The molecule has 0 saturated heterocycles. The molecule has 0 spiro atoms. The number of rotatable bonds is 10. The molecule has 0 atom stereocenters. The summed E-state index contributed by atoms with van der Waals surface area (Å²) >= 11 is 0. The average molecular weight is 337 g/mol. The van der Waals surface area contributed by atoms with E-state index in [0.29, 0.717) is 11.5 Å². The van der Waals surface area contributed by atoms with Gasteiger partial charge in [-0.2, -0.15) is 0 Å². The number of benzene rings is 1. The molecule has 1 rings (SSSR count). The van der Waals surface area contributed by atoms with Crippen molar-refractivity contribution < 1.29 is 14.3 Å². The summed E-state index contributed by atoms with van der Waals surface area (Å²) in [5.41, 5.74) is 0.843. The van der Waals surface area contributed by atoms with Crippen LogP contribution in [0.25, 0.3) is 0 Å². The molecule has 0 aliphatic heterocycles. The van der Waals surface area contributed by atoms with Gasteiger partial charge in [-0.25, -0.2) is 0 Å². The Morgan fingerprint density at radius 1 is 1.17 bits per heavy atom. The summed E-state index contributed by atoms with van der Waals surface area (Å²) < 4.78 is 11.0. The van der Waals surface area contributed by atoms with Crippen molar-refractivity contribution >= 4 is 5.91 Å². The SMILES string of the molecule is CNCCCNCc1ccc(OCC(=O)NC(C)(C)C)c(OC)c1. The molecule has 1 aromatic carbocycles. The maximum absolute atomic E-state index is 11.8. The van der Waals surface area contributed by atoms with Gasteiger partial charge in [0.25, 0.3) is 5.91 Å². The Balaban J connectivity index is 2.52. The van der Waals surface area contributed by atoms with E-state index in [4.69, 9.17) is 9.47 Å². The van der Waals surface area contributed by atoms with Crippen LogP contribution in [0.15, 0.2) is 18.2 Å². The molecule has 1 amide bonds. The van der Waals surface area contributed by atoms with Gasteiger partial charge in [-0.3, -0.25) is 4.79 Å². The highest BCUT2D eigenvalue weighted by molar-refractivity contribution is 5.78.